The molecule has 1 aliphatic heterocycles. The van der Waals surface area contributed by atoms with Crippen molar-refractivity contribution >= 4 is 21.7 Å². The minimum absolute atomic E-state index is 0.154. The highest BCUT2D eigenvalue weighted by molar-refractivity contribution is 7.92. The Labute approximate surface area is 223 Å². The first-order chi connectivity index (χ1) is 18.1. The van der Waals surface area contributed by atoms with Crippen molar-refractivity contribution < 1.29 is 27.4 Å². The van der Waals surface area contributed by atoms with Crippen molar-refractivity contribution in [1.82, 2.24) is 0 Å². The number of aryl methyl sites for hydroxylation is 2. The number of carboxylic acid groups (broad SMARTS) is 1. The zero-order chi connectivity index (χ0) is 27.1. The van der Waals surface area contributed by atoms with Crippen LogP contribution >= 0.6 is 0 Å². The van der Waals surface area contributed by atoms with Crippen LogP contribution in [0.15, 0.2) is 59.5 Å². The van der Waals surface area contributed by atoms with Gasteiger partial charge in [-0.05, 0) is 96.5 Å². The van der Waals surface area contributed by atoms with Crippen LogP contribution in [0.5, 0.6) is 5.75 Å². The summed E-state index contributed by atoms with van der Waals surface area (Å²) in [6.45, 7) is 3.63. The molecule has 0 unspecified atom stereocenters. The molecule has 1 saturated carbocycles. The number of ether oxygens (including phenoxy) is 1. The molecular formula is C30H32FNO5S. The molecule has 200 valence electrons. The summed E-state index contributed by atoms with van der Waals surface area (Å²) in [4.78, 5) is 11.0. The van der Waals surface area contributed by atoms with Crippen molar-refractivity contribution in [1.29, 1.82) is 0 Å². The zero-order valence-corrected chi connectivity index (χ0v) is 22.5. The fraction of sp³-hybridized carbons (Fsp3) is 0.367. The molecule has 0 bridgehead atoms. The Morgan fingerprint density at radius 2 is 1.74 bits per heavy atom. The molecule has 0 saturated heterocycles. The summed E-state index contributed by atoms with van der Waals surface area (Å²) in [5.41, 5.74) is 4.96. The largest absolute Gasteiger partial charge is 0.482 e. The van der Waals surface area contributed by atoms with Crippen molar-refractivity contribution in [2.24, 2.45) is 0 Å². The summed E-state index contributed by atoms with van der Waals surface area (Å²) in [6.07, 6.45) is 5.72. The number of anilines is 1. The summed E-state index contributed by atoms with van der Waals surface area (Å²) < 4.78 is 48.8. The summed E-state index contributed by atoms with van der Waals surface area (Å²) >= 11 is 0. The van der Waals surface area contributed by atoms with E-state index in [1.165, 1.54) is 24.3 Å². The van der Waals surface area contributed by atoms with Crippen LogP contribution in [-0.4, -0.2) is 32.6 Å². The smallest absolute Gasteiger partial charge is 0.341 e. The molecular weight excluding hydrogens is 505 g/mol. The van der Waals surface area contributed by atoms with Gasteiger partial charge in [-0.2, -0.15) is 0 Å². The molecule has 0 radical (unpaired) electrons. The lowest BCUT2D eigenvalue weighted by Crippen LogP contribution is -2.38. The first-order valence-electron chi connectivity index (χ1n) is 13.1. The van der Waals surface area contributed by atoms with Crippen molar-refractivity contribution in [3.63, 3.8) is 0 Å². The quantitative estimate of drug-likeness (QED) is 0.386. The monoisotopic (exact) mass is 537 g/mol. The van der Waals surface area contributed by atoms with Gasteiger partial charge in [0.05, 0.1) is 10.6 Å². The normalized spacial score (nSPS) is 16.4. The van der Waals surface area contributed by atoms with Crippen molar-refractivity contribution in [3.05, 3.63) is 77.1 Å². The van der Waals surface area contributed by atoms with E-state index in [1.807, 2.05) is 13.0 Å². The van der Waals surface area contributed by atoms with E-state index in [9.17, 15) is 17.6 Å². The van der Waals surface area contributed by atoms with Crippen LogP contribution in [0.2, 0.25) is 0 Å². The van der Waals surface area contributed by atoms with E-state index < -0.39 is 22.6 Å². The lowest BCUT2D eigenvalue weighted by molar-refractivity contribution is -0.139. The Balaban J connectivity index is 1.62. The molecule has 2 aliphatic rings. The van der Waals surface area contributed by atoms with Gasteiger partial charge >= 0.3 is 5.97 Å². The van der Waals surface area contributed by atoms with Gasteiger partial charge in [0.15, 0.2) is 6.61 Å². The minimum Gasteiger partial charge on any atom is -0.482 e. The third-order valence-electron chi connectivity index (χ3n) is 7.91. The summed E-state index contributed by atoms with van der Waals surface area (Å²) in [7, 11) is -3.90. The third kappa shape index (κ3) is 4.66. The number of carboxylic acids is 1. The Morgan fingerprint density at radius 1 is 1.03 bits per heavy atom. The van der Waals surface area contributed by atoms with Crippen molar-refractivity contribution in [2.75, 3.05) is 17.5 Å². The van der Waals surface area contributed by atoms with Crippen LogP contribution in [0.3, 0.4) is 0 Å². The third-order valence-corrected chi connectivity index (χ3v) is 9.65. The SMILES string of the molecule is CCc1cc(-c2ccc(F)cc2)cc2c1N(S(=O)(=O)c1ccc(OCC(=O)O)c(C)c1)CC21CCCCC1. The van der Waals surface area contributed by atoms with Crippen LogP contribution in [0.1, 0.15) is 55.7 Å². The van der Waals surface area contributed by atoms with Gasteiger partial charge in [0.2, 0.25) is 0 Å². The molecule has 1 N–H and O–H groups in total. The number of sulfonamides is 1. The Bertz CT molecular complexity index is 1480. The number of hydrogen-bond donors (Lipinski definition) is 1. The molecule has 38 heavy (non-hydrogen) atoms. The maximum Gasteiger partial charge on any atom is 0.341 e. The van der Waals surface area contributed by atoms with Crippen LogP contribution in [0.4, 0.5) is 10.1 Å². The number of rotatable bonds is 7. The predicted octanol–water partition coefficient (Wildman–Crippen LogP) is 6.24. The standard InChI is InChI=1S/C30H32FNO5S/c1-3-21-16-23(22-7-9-24(31)10-8-22)17-26-29(21)32(19-30(26)13-5-4-6-14-30)38(35,36)25-11-12-27(20(2)15-25)37-18-28(33)34/h7-12,15-17H,3-6,13-14,18-19H2,1-2H3,(H,33,34). The van der Waals surface area contributed by atoms with Gasteiger partial charge in [-0.1, -0.05) is 38.3 Å². The second kappa shape index (κ2) is 10.1. The molecule has 5 rings (SSSR count). The van der Waals surface area contributed by atoms with E-state index >= 15 is 0 Å². The summed E-state index contributed by atoms with van der Waals surface area (Å²) in [6, 6.07) is 15.2. The van der Waals surface area contributed by atoms with E-state index in [4.69, 9.17) is 9.84 Å². The predicted molar refractivity (Wildman–Crippen MR) is 145 cm³/mol. The van der Waals surface area contributed by atoms with Gasteiger partial charge in [0.25, 0.3) is 10.0 Å². The lowest BCUT2D eigenvalue weighted by Gasteiger charge is -2.34. The van der Waals surface area contributed by atoms with Gasteiger partial charge in [-0.3, -0.25) is 4.31 Å². The van der Waals surface area contributed by atoms with Gasteiger partial charge in [0.1, 0.15) is 11.6 Å². The average molecular weight is 538 g/mol. The summed E-state index contributed by atoms with van der Waals surface area (Å²) in [5.74, 6) is -1.05. The molecule has 6 nitrogen and oxygen atoms in total. The first kappa shape index (κ1) is 26.2. The van der Waals surface area contributed by atoms with Crippen LogP contribution < -0.4 is 9.04 Å². The number of hydrogen-bond acceptors (Lipinski definition) is 4. The van der Waals surface area contributed by atoms with E-state index in [2.05, 4.69) is 6.07 Å². The highest BCUT2D eigenvalue weighted by Crippen LogP contribution is 2.53. The Kier molecular flexibility index (Phi) is 6.94. The van der Waals surface area contributed by atoms with Crippen molar-refractivity contribution in [3.8, 4) is 16.9 Å². The molecule has 0 aromatic heterocycles. The molecule has 1 fully saturated rings. The topological polar surface area (TPSA) is 83.9 Å². The lowest BCUT2D eigenvalue weighted by atomic mass is 9.70. The van der Waals surface area contributed by atoms with Gasteiger partial charge in [-0.15, -0.1) is 0 Å². The zero-order valence-electron chi connectivity index (χ0n) is 21.7. The number of nitrogens with zero attached hydrogens (tertiary/aromatic N) is 1. The fourth-order valence-corrected chi connectivity index (χ4v) is 7.68. The molecule has 3 aromatic carbocycles. The Hall–Kier alpha value is -3.39. The molecule has 1 heterocycles. The van der Waals surface area contributed by atoms with Crippen molar-refractivity contribution in [2.45, 2.75) is 62.7 Å². The van der Waals surface area contributed by atoms with E-state index in [0.717, 1.165) is 60.0 Å². The number of carbonyl (C=O) groups is 1. The van der Waals surface area contributed by atoms with E-state index in [0.29, 0.717) is 24.3 Å². The van der Waals surface area contributed by atoms with Crippen LogP contribution in [-0.2, 0) is 26.7 Å². The maximum absolute atomic E-state index is 14.2. The number of benzene rings is 3. The number of aliphatic carboxylic acids is 1. The maximum atomic E-state index is 14.2. The molecule has 3 aromatic rings. The van der Waals surface area contributed by atoms with Gasteiger partial charge in [-0.25, -0.2) is 17.6 Å². The number of halogens is 1. The van der Waals surface area contributed by atoms with Crippen LogP contribution in [0, 0.1) is 12.7 Å². The molecule has 1 aliphatic carbocycles. The van der Waals surface area contributed by atoms with Gasteiger partial charge in [0, 0.05) is 12.0 Å². The Morgan fingerprint density at radius 3 is 2.37 bits per heavy atom. The van der Waals surface area contributed by atoms with E-state index in [1.54, 1.807) is 29.4 Å². The molecule has 1 spiro atoms. The molecule has 8 heteroatoms. The second-order valence-corrected chi connectivity index (χ2v) is 12.2. The highest BCUT2D eigenvalue weighted by Gasteiger charge is 2.48. The first-order valence-corrected chi connectivity index (χ1v) is 14.5. The number of fused-ring (bicyclic) bond motifs is 2. The fourth-order valence-electron chi connectivity index (χ4n) is 5.98. The minimum atomic E-state index is -3.90. The average Bonchev–Trinajstić information content (AvgIpc) is 3.22. The van der Waals surface area contributed by atoms with Gasteiger partial charge < -0.3 is 9.84 Å². The van der Waals surface area contributed by atoms with E-state index in [-0.39, 0.29) is 16.1 Å². The molecule has 0 amide bonds. The van der Waals surface area contributed by atoms with Crippen LogP contribution in [0.25, 0.3) is 11.1 Å². The second-order valence-electron chi connectivity index (χ2n) is 10.4. The summed E-state index contributed by atoms with van der Waals surface area (Å²) in [5, 5.41) is 8.92. The highest BCUT2D eigenvalue weighted by atomic mass is 32.2. The molecule has 0 atom stereocenters.